The van der Waals surface area contributed by atoms with Gasteiger partial charge in [-0.25, -0.2) is 0 Å². The fraction of sp³-hybridized carbons (Fsp3) is 0.529. The van der Waals surface area contributed by atoms with Gasteiger partial charge in [0.1, 0.15) is 0 Å². The summed E-state index contributed by atoms with van der Waals surface area (Å²) in [7, 11) is 3.76. The molecule has 1 atom stereocenters. The summed E-state index contributed by atoms with van der Waals surface area (Å²) in [5.41, 5.74) is 2.63. The van der Waals surface area contributed by atoms with Gasteiger partial charge in [0, 0.05) is 50.8 Å². The van der Waals surface area contributed by atoms with Crippen LogP contribution in [0.4, 0.5) is 0 Å². The second kappa shape index (κ2) is 7.81. The van der Waals surface area contributed by atoms with Crippen LogP contribution in [-0.2, 0) is 26.6 Å². The summed E-state index contributed by atoms with van der Waals surface area (Å²) in [6.07, 6.45) is 2.98. The fourth-order valence-corrected chi connectivity index (χ4v) is 3.88. The van der Waals surface area contributed by atoms with E-state index in [1.807, 2.05) is 42.4 Å². The number of thiophene rings is 1. The number of aromatic nitrogens is 2. The summed E-state index contributed by atoms with van der Waals surface area (Å²) in [6, 6.07) is 4.74. The summed E-state index contributed by atoms with van der Waals surface area (Å²) in [4.78, 5) is 8.40. The molecule has 1 aliphatic rings. The maximum Gasteiger partial charge on any atom is 0.191 e. The van der Waals surface area contributed by atoms with Gasteiger partial charge in [-0.05, 0) is 36.4 Å². The number of rotatable bonds is 5. The number of hydrogen-bond acceptors (Lipinski definition) is 4. The van der Waals surface area contributed by atoms with E-state index in [0.717, 1.165) is 31.3 Å². The van der Waals surface area contributed by atoms with Crippen LogP contribution in [0.25, 0.3) is 0 Å². The fourth-order valence-electron chi connectivity index (χ4n) is 2.99. The standard InChI is InChI=1S/C17H26N6S/c1-13(23-8-5-16-14(12-23)6-9-24-16)10-19-17(18-2)20-11-15-4-7-21-22(15)3/h4,6-7,9,13H,5,8,10-12H2,1-3H3,(H2,18,19,20). The lowest BCUT2D eigenvalue weighted by Gasteiger charge is -2.32. The molecule has 1 unspecified atom stereocenters. The van der Waals surface area contributed by atoms with E-state index in [0.29, 0.717) is 12.6 Å². The van der Waals surface area contributed by atoms with Gasteiger partial charge in [0.15, 0.2) is 5.96 Å². The topological polar surface area (TPSA) is 57.5 Å². The van der Waals surface area contributed by atoms with Gasteiger partial charge >= 0.3 is 0 Å². The lowest BCUT2D eigenvalue weighted by molar-refractivity contribution is 0.192. The summed E-state index contributed by atoms with van der Waals surface area (Å²) in [6.45, 7) is 6.07. The Balaban J connectivity index is 1.46. The van der Waals surface area contributed by atoms with Crippen molar-refractivity contribution >= 4 is 17.3 Å². The highest BCUT2D eigenvalue weighted by molar-refractivity contribution is 7.10. The number of nitrogens with zero attached hydrogens (tertiary/aromatic N) is 4. The molecule has 2 aromatic rings. The van der Waals surface area contributed by atoms with Crippen LogP contribution in [0, 0.1) is 0 Å². The van der Waals surface area contributed by atoms with Crippen LogP contribution in [0.1, 0.15) is 23.1 Å². The first-order chi connectivity index (χ1) is 11.7. The third-order valence-corrected chi connectivity index (χ3v) is 5.63. The van der Waals surface area contributed by atoms with E-state index in [9.17, 15) is 0 Å². The Bertz CT molecular complexity index is 689. The molecule has 0 radical (unpaired) electrons. The Morgan fingerprint density at radius 3 is 3.04 bits per heavy atom. The maximum absolute atomic E-state index is 4.31. The van der Waals surface area contributed by atoms with E-state index in [2.05, 4.69) is 44.0 Å². The lowest BCUT2D eigenvalue weighted by Crippen LogP contribution is -2.47. The Kier molecular flexibility index (Phi) is 5.52. The average molecular weight is 347 g/mol. The molecule has 3 rings (SSSR count). The maximum atomic E-state index is 4.31. The molecular formula is C17H26N6S. The van der Waals surface area contributed by atoms with Crippen LogP contribution in [0.15, 0.2) is 28.7 Å². The molecule has 0 saturated carbocycles. The van der Waals surface area contributed by atoms with Crippen LogP contribution in [0.3, 0.4) is 0 Å². The minimum atomic E-state index is 0.466. The van der Waals surface area contributed by atoms with Crippen LogP contribution >= 0.6 is 11.3 Å². The third-order valence-electron chi connectivity index (χ3n) is 4.61. The first-order valence-corrected chi connectivity index (χ1v) is 9.26. The van der Waals surface area contributed by atoms with E-state index in [-0.39, 0.29) is 0 Å². The molecule has 0 amide bonds. The van der Waals surface area contributed by atoms with Crippen molar-refractivity contribution in [2.45, 2.75) is 32.5 Å². The van der Waals surface area contributed by atoms with Gasteiger partial charge in [0.25, 0.3) is 0 Å². The van der Waals surface area contributed by atoms with Crippen molar-refractivity contribution in [3.63, 3.8) is 0 Å². The molecule has 0 aromatic carbocycles. The molecule has 0 aliphatic carbocycles. The zero-order chi connectivity index (χ0) is 16.9. The third kappa shape index (κ3) is 3.96. The average Bonchev–Trinajstić information content (AvgIpc) is 3.22. The van der Waals surface area contributed by atoms with Crippen molar-refractivity contribution in [2.24, 2.45) is 12.0 Å². The van der Waals surface area contributed by atoms with Crippen molar-refractivity contribution in [1.82, 2.24) is 25.3 Å². The zero-order valence-corrected chi connectivity index (χ0v) is 15.4. The Morgan fingerprint density at radius 2 is 2.29 bits per heavy atom. The highest BCUT2D eigenvalue weighted by Gasteiger charge is 2.21. The van der Waals surface area contributed by atoms with Crippen LogP contribution < -0.4 is 10.6 Å². The highest BCUT2D eigenvalue weighted by atomic mass is 32.1. The number of guanidine groups is 1. The number of hydrogen-bond donors (Lipinski definition) is 2. The van der Waals surface area contributed by atoms with E-state index in [4.69, 9.17) is 0 Å². The van der Waals surface area contributed by atoms with E-state index >= 15 is 0 Å². The van der Waals surface area contributed by atoms with Gasteiger partial charge < -0.3 is 10.6 Å². The predicted molar refractivity (Wildman–Crippen MR) is 99.3 cm³/mol. The van der Waals surface area contributed by atoms with E-state index < -0.39 is 0 Å². The van der Waals surface area contributed by atoms with Gasteiger partial charge in [-0.1, -0.05) is 0 Å². The zero-order valence-electron chi connectivity index (χ0n) is 14.6. The Hall–Kier alpha value is -1.86. The van der Waals surface area contributed by atoms with Gasteiger partial charge in [-0.3, -0.25) is 14.6 Å². The molecule has 0 bridgehead atoms. The van der Waals surface area contributed by atoms with Gasteiger partial charge in [-0.15, -0.1) is 11.3 Å². The van der Waals surface area contributed by atoms with Crippen molar-refractivity contribution in [3.05, 3.63) is 39.8 Å². The van der Waals surface area contributed by atoms with Gasteiger partial charge in [0.2, 0.25) is 0 Å². The Labute approximate surface area is 147 Å². The Morgan fingerprint density at radius 1 is 1.42 bits per heavy atom. The molecule has 2 aromatic heterocycles. The minimum Gasteiger partial charge on any atom is -0.355 e. The van der Waals surface area contributed by atoms with E-state index in [1.54, 1.807) is 4.88 Å². The number of aliphatic imine (C=N–C) groups is 1. The van der Waals surface area contributed by atoms with Crippen molar-refractivity contribution in [3.8, 4) is 0 Å². The molecule has 6 nitrogen and oxygen atoms in total. The number of aryl methyl sites for hydroxylation is 1. The van der Waals surface area contributed by atoms with Gasteiger partial charge in [0.05, 0.1) is 12.2 Å². The monoisotopic (exact) mass is 346 g/mol. The second-order valence-electron chi connectivity index (χ2n) is 6.19. The van der Waals surface area contributed by atoms with Crippen LogP contribution in [0.5, 0.6) is 0 Å². The smallest absolute Gasteiger partial charge is 0.191 e. The molecule has 0 saturated heterocycles. The molecule has 130 valence electrons. The quantitative estimate of drug-likeness (QED) is 0.638. The number of nitrogens with one attached hydrogen (secondary N) is 2. The lowest BCUT2D eigenvalue weighted by atomic mass is 10.1. The molecular weight excluding hydrogens is 320 g/mol. The summed E-state index contributed by atoms with van der Waals surface area (Å²) < 4.78 is 1.87. The summed E-state index contributed by atoms with van der Waals surface area (Å²) >= 11 is 1.89. The first-order valence-electron chi connectivity index (χ1n) is 8.38. The molecule has 7 heteroatoms. The largest absolute Gasteiger partial charge is 0.355 e. The number of fused-ring (bicyclic) bond motifs is 1. The predicted octanol–water partition coefficient (Wildman–Crippen LogP) is 1.59. The SMILES string of the molecule is CN=C(NCc1ccnn1C)NCC(C)N1CCc2sccc2C1. The molecule has 1 aliphatic heterocycles. The van der Waals surface area contributed by atoms with Crippen LogP contribution in [0.2, 0.25) is 0 Å². The van der Waals surface area contributed by atoms with Crippen molar-refractivity contribution in [2.75, 3.05) is 20.1 Å². The molecule has 3 heterocycles. The van der Waals surface area contributed by atoms with Crippen molar-refractivity contribution < 1.29 is 0 Å². The summed E-state index contributed by atoms with van der Waals surface area (Å²) in [5, 5.41) is 13.2. The molecule has 2 N–H and O–H groups in total. The molecule has 24 heavy (non-hydrogen) atoms. The second-order valence-corrected chi connectivity index (χ2v) is 7.19. The molecule has 0 spiro atoms. The van der Waals surface area contributed by atoms with Crippen LogP contribution in [-0.4, -0.2) is 46.8 Å². The highest BCUT2D eigenvalue weighted by Crippen LogP contribution is 2.24. The van der Waals surface area contributed by atoms with Gasteiger partial charge in [-0.2, -0.15) is 5.10 Å². The first kappa shape index (κ1) is 17.0. The normalized spacial score (nSPS) is 16.7. The van der Waals surface area contributed by atoms with Crippen molar-refractivity contribution in [1.29, 1.82) is 0 Å². The minimum absolute atomic E-state index is 0.466. The molecule has 0 fully saturated rings. The van der Waals surface area contributed by atoms with E-state index in [1.165, 1.54) is 12.0 Å². The summed E-state index contributed by atoms with van der Waals surface area (Å²) in [5.74, 6) is 0.830.